The third-order valence-corrected chi connectivity index (χ3v) is 15.5. The summed E-state index contributed by atoms with van der Waals surface area (Å²) in [6.45, 7) is 6.57. The summed E-state index contributed by atoms with van der Waals surface area (Å²) in [5, 5.41) is 11.1. The van der Waals surface area contributed by atoms with Gasteiger partial charge in [0.05, 0.1) is 24.4 Å². The summed E-state index contributed by atoms with van der Waals surface area (Å²) >= 11 is 8.50. The molecule has 0 saturated heterocycles. The van der Waals surface area contributed by atoms with Gasteiger partial charge in [0.2, 0.25) is 0 Å². The van der Waals surface area contributed by atoms with Gasteiger partial charge in [-0.3, -0.25) is 0 Å². The van der Waals surface area contributed by atoms with Gasteiger partial charge in [-0.25, -0.2) is 0 Å². The second-order valence-electron chi connectivity index (χ2n) is 12.2. The fourth-order valence-electron chi connectivity index (χ4n) is 6.20. The molecule has 7 aromatic rings. The molecule has 0 amide bonds. The van der Waals surface area contributed by atoms with Gasteiger partial charge in [-0.1, -0.05) is 60.7 Å². The van der Waals surface area contributed by atoms with Crippen LogP contribution in [0.5, 0.6) is 28.7 Å². The lowest BCUT2D eigenvalue weighted by Crippen LogP contribution is -2.20. The maximum Gasteiger partial charge on any atom is 0.181 e. The number of ether oxygens (including phenoxy) is 4. The molecule has 5 aromatic heterocycles. The van der Waals surface area contributed by atoms with Gasteiger partial charge < -0.3 is 24.1 Å². The van der Waals surface area contributed by atoms with Crippen molar-refractivity contribution in [1.29, 1.82) is 0 Å². The summed E-state index contributed by atoms with van der Waals surface area (Å²) in [7, 11) is 0. The topological polar surface area (TPSA) is 57.2 Å². The van der Waals surface area contributed by atoms with Gasteiger partial charge in [0.15, 0.2) is 23.0 Å². The Balaban J connectivity index is 1.08. The highest BCUT2D eigenvalue weighted by Gasteiger charge is 2.37. The van der Waals surface area contributed by atoms with Crippen molar-refractivity contribution in [2.75, 3.05) is 26.4 Å². The summed E-state index contributed by atoms with van der Waals surface area (Å²) in [5.74, 6) is 3.43. The van der Waals surface area contributed by atoms with Crippen molar-refractivity contribution < 1.29 is 24.1 Å². The van der Waals surface area contributed by atoms with Crippen LogP contribution < -0.4 is 18.9 Å². The van der Waals surface area contributed by atoms with E-state index in [-0.39, 0.29) is 11.2 Å². The predicted molar refractivity (Wildman–Crippen MR) is 205 cm³/mol. The van der Waals surface area contributed by atoms with Crippen molar-refractivity contribution in [3.63, 3.8) is 0 Å². The highest BCUT2D eigenvalue weighted by Crippen LogP contribution is 2.60. The Morgan fingerprint density at radius 2 is 1.02 bits per heavy atom. The minimum Gasteiger partial charge on any atom is -0.506 e. The number of rotatable bonds is 7. The Kier molecular flexibility index (Phi) is 7.81. The van der Waals surface area contributed by atoms with Crippen LogP contribution in [-0.4, -0.2) is 31.5 Å². The second kappa shape index (κ2) is 12.4. The lowest BCUT2D eigenvalue weighted by atomic mass is 9.89. The van der Waals surface area contributed by atoms with E-state index in [0.717, 1.165) is 57.0 Å². The predicted octanol–water partition coefficient (Wildman–Crippen LogP) is 11.9. The van der Waals surface area contributed by atoms with Gasteiger partial charge in [0, 0.05) is 29.8 Å². The van der Waals surface area contributed by atoms with Gasteiger partial charge in [-0.2, -0.15) is 0 Å². The molecule has 0 atom stereocenters. The molecule has 0 radical (unpaired) electrons. The standard InChI is InChI=1S/C39H30O5S5/c1-39(2,38-33-32(43-19-20-44-33)36(49-38)26-14-13-25(45-26)22-9-5-3-6-10-22)29-16-15-27(46-29)35-30-31(42-18-17-41-30)37(48-35)34-24(40)21-28(47-34)23-11-7-4-8-12-23/h3-16,21,40H,17-20H2,1-2H3. The molecule has 0 spiro atoms. The zero-order chi connectivity index (χ0) is 33.1. The van der Waals surface area contributed by atoms with Crippen LogP contribution in [0.2, 0.25) is 0 Å². The number of hydrogen-bond donors (Lipinski definition) is 1. The Hall–Kier alpha value is -4.06. The van der Waals surface area contributed by atoms with E-state index in [1.165, 1.54) is 20.2 Å². The van der Waals surface area contributed by atoms with Gasteiger partial charge in [0.1, 0.15) is 32.2 Å². The summed E-state index contributed by atoms with van der Waals surface area (Å²) in [6.07, 6.45) is 0. The van der Waals surface area contributed by atoms with Crippen LogP contribution in [0.4, 0.5) is 0 Å². The SMILES string of the molecule is CC(C)(c1ccc(-c2sc(-c3sc(-c4ccccc4)cc3O)c3c2OCCO3)s1)c1sc(-c2ccc(-c3ccccc3)s2)c2c1OCCO2. The van der Waals surface area contributed by atoms with E-state index in [1.54, 1.807) is 56.7 Å². The van der Waals surface area contributed by atoms with Gasteiger partial charge in [-0.05, 0) is 55.3 Å². The summed E-state index contributed by atoms with van der Waals surface area (Å²) < 4.78 is 25.1. The van der Waals surface area contributed by atoms with Crippen LogP contribution in [0.3, 0.4) is 0 Å². The number of fused-ring (bicyclic) bond motifs is 2. The minimum absolute atomic E-state index is 0.253. The van der Waals surface area contributed by atoms with Crippen LogP contribution in [0.1, 0.15) is 23.6 Å². The van der Waals surface area contributed by atoms with E-state index >= 15 is 0 Å². The van der Waals surface area contributed by atoms with Crippen molar-refractivity contribution in [1.82, 2.24) is 0 Å². The molecule has 0 fully saturated rings. The van der Waals surface area contributed by atoms with Crippen molar-refractivity contribution in [2.45, 2.75) is 19.3 Å². The van der Waals surface area contributed by atoms with E-state index in [1.807, 2.05) is 30.3 Å². The van der Waals surface area contributed by atoms with Crippen LogP contribution in [-0.2, 0) is 5.41 Å². The minimum atomic E-state index is -0.343. The van der Waals surface area contributed by atoms with Crippen LogP contribution in [0.15, 0.2) is 91.0 Å². The number of benzene rings is 2. The normalized spacial score (nSPS) is 13.9. The first kappa shape index (κ1) is 31.0. The van der Waals surface area contributed by atoms with E-state index in [2.05, 4.69) is 74.5 Å². The molecule has 10 heteroatoms. The van der Waals surface area contributed by atoms with Crippen LogP contribution >= 0.6 is 56.7 Å². The zero-order valence-corrected chi connectivity index (χ0v) is 30.7. The highest BCUT2D eigenvalue weighted by molar-refractivity contribution is 7.28. The maximum atomic E-state index is 11.1. The Labute approximate surface area is 304 Å². The first-order valence-electron chi connectivity index (χ1n) is 16.0. The molecule has 0 saturated carbocycles. The van der Waals surface area contributed by atoms with E-state index in [9.17, 15) is 5.11 Å². The first-order valence-corrected chi connectivity index (χ1v) is 20.0. The fraction of sp³-hybridized carbons (Fsp3) is 0.179. The lowest BCUT2D eigenvalue weighted by molar-refractivity contribution is 0.171. The van der Waals surface area contributed by atoms with Crippen molar-refractivity contribution in [2.24, 2.45) is 0 Å². The van der Waals surface area contributed by atoms with E-state index < -0.39 is 0 Å². The molecule has 7 heterocycles. The molecule has 9 rings (SSSR count). The Bertz CT molecular complexity index is 2290. The third-order valence-electron chi connectivity index (χ3n) is 8.68. The average molecular weight is 739 g/mol. The molecule has 2 aliphatic heterocycles. The largest absolute Gasteiger partial charge is 0.506 e. The van der Waals surface area contributed by atoms with Crippen molar-refractivity contribution in [3.05, 3.63) is 101 Å². The Morgan fingerprint density at radius 1 is 0.490 bits per heavy atom. The lowest BCUT2D eigenvalue weighted by Gasteiger charge is -2.25. The molecule has 0 bridgehead atoms. The number of aromatic hydroxyl groups is 1. The van der Waals surface area contributed by atoms with Crippen LogP contribution in [0, 0.1) is 0 Å². The van der Waals surface area contributed by atoms with Crippen molar-refractivity contribution in [3.8, 4) is 78.9 Å². The summed E-state index contributed by atoms with van der Waals surface area (Å²) in [5.41, 5.74) is 1.95. The Morgan fingerprint density at radius 3 is 1.71 bits per heavy atom. The van der Waals surface area contributed by atoms with Gasteiger partial charge in [-0.15, -0.1) is 56.7 Å². The van der Waals surface area contributed by atoms with Gasteiger partial charge >= 0.3 is 0 Å². The highest BCUT2D eigenvalue weighted by atomic mass is 32.1. The number of hydrogen-bond acceptors (Lipinski definition) is 10. The summed E-state index contributed by atoms with van der Waals surface area (Å²) in [6, 6.07) is 31.3. The number of thiophene rings is 5. The molecule has 2 aliphatic rings. The molecule has 0 unspecified atom stereocenters. The molecule has 5 nitrogen and oxygen atoms in total. The van der Waals surface area contributed by atoms with Crippen molar-refractivity contribution >= 4 is 56.7 Å². The van der Waals surface area contributed by atoms with Gasteiger partial charge in [0.25, 0.3) is 0 Å². The third kappa shape index (κ3) is 5.37. The molecule has 49 heavy (non-hydrogen) atoms. The van der Waals surface area contributed by atoms with E-state index in [4.69, 9.17) is 18.9 Å². The molecule has 2 aromatic carbocycles. The molecule has 1 N–H and O–H groups in total. The smallest absolute Gasteiger partial charge is 0.181 e. The molecule has 0 aliphatic carbocycles. The molecular weight excluding hydrogens is 709 g/mol. The first-order chi connectivity index (χ1) is 24.0. The monoisotopic (exact) mass is 738 g/mol. The average Bonchev–Trinajstić information content (AvgIpc) is 3.98. The molecular formula is C39H30O5S5. The zero-order valence-electron chi connectivity index (χ0n) is 26.6. The molecule has 246 valence electrons. The van der Waals surface area contributed by atoms with Crippen LogP contribution in [0.25, 0.3) is 50.1 Å². The quantitative estimate of drug-likeness (QED) is 0.176. The second-order valence-corrected chi connectivity index (χ2v) is 17.5. The van der Waals surface area contributed by atoms with E-state index in [0.29, 0.717) is 32.2 Å². The summed E-state index contributed by atoms with van der Waals surface area (Å²) in [4.78, 5) is 10.7. The maximum absolute atomic E-state index is 11.1. The fourth-order valence-corrected chi connectivity index (χ4v) is 12.3.